The van der Waals surface area contributed by atoms with Gasteiger partial charge < -0.3 is 5.32 Å². The Morgan fingerprint density at radius 2 is 2.10 bits per heavy atom. The molecule has 108 valence electrons. The molecule has 0 aromatic heterocycles. The van der Waals surface area contributed by atoms with Gasteiger partial charge in [-0.1, -0.05) is 48.0 Å². The van der Waals surface area contributed by atoms with Gasteiger partial charge in [-0.25, -0.2) is 0 Å². The van der Waals surface area contributed by atoms with Crippen molar-refractivity contribution in [1.29, 1.82) is 0 Å². The third-order valence-electron chi connectivity index (χ3n) is 4.70. The normalized spacial score (nSPS) is 31.8. The van der Waals surface area contributed by atoms with Gasteiger partial charge in [0.2, 0.25) is 0 Å². The molecule has 1 aromatic carbocycles. The van der Waals surface area contributed by atoms with Crippen LogP contribution in [-0.4, -0.2) is 30.6 Å². The van der Waals surface area contributed by atoms with Gasteiger partial charge in [0.15, 0.2) is 0 Å². The topological polar surface area (TPSA) is 15.3 Å². The molecule has 2 unspecified atom stereocenters. The molecule has 3 rings (SSSR count). The summed E-state index contributed by atoms with van der Waals surface area (Å²) >= 11 is 5.73. The van der Waals surface area contributed by atoms with Gasteiger partial charge in [0.25, 0.3) is 0 Å². The van der Waals surface area contributed by atoms with E-state index in [4.69, 9.17) is 11.6 Å². The van der Waals surface area contributed by atoms with E-state index in [2.05, 4.69) is 53.5 Å². The molecule has 1 aliphatic carbocycles. The number of hydrogen-bond donors (Lipinski definition) is 1. The fraction of sp³-hybridized carbons (Fsp3) is 0.529. The first kappa shape index (κ1) is 14.1. The first-order valence-corrected chi connectivity index (χ1v) is 7.96. The van der Waals surface area contributed by atoms with E-state index >= 15 is 0 Å². The van der Waals surface area contributed by atoms with Crippen LogP contribution in [0.15, 0.2) is 41.9 Å². The second-order valence-corrected chi connectivity index (χ2v) is 6.53. The van der Waals surface area contributed by atoms with E-state index in [-0.39, 0.29) is 5.54 Å². The largest absolute Gasteiger partial charge is 0.305 e. The van der Waals surface area contributed by atoms with E-state index in [1.807, 2.05) is 0 Å². The first-order chi connectivity index (χ1) is 9.73. The van der Waals surface area contributed by atoms with Crippen molar-refractivity contribution in [2.24, 2.45) is 5.92 Å². The zero-order chi connectivity index (χ0) is 14.0. The van der Waals surface area contributed by atoms with Crippen molar-refractivity contribution in [2.75, 3.05) is 19.6 Å². The molecule has 1 aromatic rings. The molecule has 0 spiro atoms. The SMILES string of the molecule is CC1(c2ccccc2)CN(C/C=C/Cl)C(C2CC2)CN1. The number of rotatable bonds is 4. The van der Waals surface area contributed by atoms with E-state index in [1.165, 1.54) is 18.4 Å². The summed E-state index contributed by atoms with van der Waals surface area (Å²) in [4.78, 5) is 2.60. The van der Waals surface area contributed by atoms with E-state index < -0.39 is 0 Å². The molecule has 1 aliphatic heterocycles. The molecule has 1 saturated heterocycles. The van der Waals surface area contributed by atoms with Crippen LogP contribution in [0.4, 0.5) is 0 Å². The average Bonchev–Trinajstić information content (AvgIpc) is 3.31. The highest BCUT2D eigenvalue weighted by molar-refractivity contribution is 6.25. The molecular weight excluding hydrogens is 268 g/mol. The lowest BCUT2D eigenvalue weighted by atomic mass is 9.87. The van der Waals surface area contributed by atoms with Crippen molar-refractivity contribution in [2.45, 2.75) is 31.3 Å². The molecule has 20 heavy (non-hydrogen) atoms. The van der Waals surface area contributed by atoms with Crippen LogP contribution in [-0.2, 0) is 5.54 Å². The zero-order valence-corrected chi connectivity index (χ0v) is 12.8. The Bertz CT molecular complexity index is 469. The fourth-order valence-electron chi connectivity index (χ4n) is 3.36. The summed E-state index contributed by atoms with van der Waals surface area (Å²) in [6.45, 7) is 5.38. The van der Waals surface area contributed by atoms with Gasteiger partial charge in [-0.05, 0) is 31.2 Å². The predicted molar refractivity (Wildman–Crippen MR) is 84.9 cm³/mol. The van der Waals surface area contributed by atoms with Crippen LogP contribution >= 0.6 is 11.6 Å². The molecule has 3 heteroatoms. The smallest absolute Gasteiger partial charge is 0.0535 e. The Labute approximate surface area is 126 Å². The van der Waals surface area contributed by atoms with Crippen molar-refractivity contribution >= 4 is 11.6 Å². The number of hydrogen-bond acceptors (Lipinski definition) is 2. The summed E-state index contributed by atoms with van der Waals surface area (Å²) in [5, 5.41) is 3.79. The molecule has 2 nitrogen and oxygen atoms in total. The number of nitrogens with one attached hydrogen (secondary N) is 1. The molecule has 0 radical (unpaired) electrons. The van der Waals surface area contributed by atoms with Crippen LogP contribution < -0.4 is 5.32 Å². The van der Waals surface area contributed by atoms with Gasteiger partial charge in [0.05, 0.1) is 5.54 Å². The van der Waals surface area contributed by atoms with E-state index in [0.29, 0.717) is 6.04 Å². The fourth-order valence-corrected chi connectivity index (χ4v) is 3.44. The minimum Gasteiger partial charge on any atom is -0.305 e. The maximum absolute atomic E-state index is 5.73. The molecule has 0 amide bonds. The second-order valence-electron chi connectivity index (χ2n) is 6.27. The van der Waals surface area contributed by atoms with Crippen LogP contribution in [0.1, 0.15) is 25.3 Å². The van der Waals surface area contributed by atoms with Gasteiger partial charge in [-0.3, -0.25) is 4.90 Å². The monoisotopic (exact) mass is 290 g/mol. The predicted octanol–water partition coefficient (Wildman–Crippen LogP) is 3.34. The highest BCUT2D eigenvalue weighted by Gasteiger charge is 2.42. The highest BCUT2D eigenvalue weighted by atomic mass is 35.5. The Morgan fingerprint density at radius 3 is 2.75 bits per heavy atom. The van der Waals surface area contributed by atoms with Gasteiger partial charge in [-0.15, -0.1) is 0 Å². The molecule has 0 bridgehead atoms. The lowest BCUT2D eigenvalue weighted by Crippen LogP contribution is -2.61. The van der Waals surface area contributed by atoms with Crippen LogP contribution in [0, 0.1) is 5.92 Å². The summed E-state index contributed by atoms with van der Waals surface area (Å²) in [6.07, 6.45) is 4.83. The van der Waals surface area contributed by atoms with E-state index in [0.717, 1.165) is 25.6 Å². The summed E-state index contributed by atoms with van der Waals surface area (Å²) in [5.74, 6) is 0.881. The molecule has 2 atom stereocenters. The maximum Gasteiger partial charge on any atom is 0.0535 e. The molecule has 2 aliphatic rings. The molecular formula is C17H23ClN2. The number of halogens is 1. The minimum atomic E-state index is 0.0345. The Kier molecular flexibility index (Phi) is 4.16. The standard InChI is InChI=1S/C17H23ClN2/c1-17(15-6-3-2-4-7-15)13-20(11-5-10-18)16(12-19-17)14-8-9-14/h2-7,10,14,16,19H,8-9,11-13H2,1H3/b10-5+. The van der Waals surface area contributed by atoms with Crippen LogP contribution in [0.25, 0.3) is 0 Å². The lowest BCUT2D eigenvalue weighted by molar-refractivity contribution is 0.0849. The molecule has 1 saturated carbocycles. The number of benzene rings is 1. The number of nitrogens with zero attached hydrogens (tertiary/aromatic N) is 1. The van der Waals surface area contributed by atoms with Gasteiger partial charge in [-0.2, -0.15) is 0 Å². The first-order valence-electron chi connectivity index (χ1n) is 7.53. The van der Waals surface area contributed by atoms with Crippen molar-refractivity contribution < 1.29 is 0 Å². The third kappa shape index (κ3) is 2.93. The quantitative estimate of drug-likeness (QED) is 0.915. The van der Waals surface area contributed by atoms with Gasteiger partial charge in [0, 0.05) is 31.2 Å². The van der Waals surface area contributed by atoms with E-state index in [1.54, 1.807) is 5.54 Å². The zero-order valence-electron chi connectivity index (χ0n) is 12.1. The van der Waals surface area contributed by atoms with Crippen molar-refractivity contribution in [1.82, 2.24) is 10.2 Å². The molecule has 1 heterocycles. The Balaban J connectivity index is 1.78. The highest BCUT2D eigenvalue weighted by Crippen LogP contribution is 2.38. The maximum atomic E-state index is 5.73. The third-order valence-corrected chi connectivity index (χ3v) is 4.87. The summed E-state index contributed by atoms with van der Waals surface area (Å²) in [6, 6.07) is 11.4. The minimum absolute atomic E-state index is 0.0345. The summed E-state index contributed by atoms with van der Waals surface area (Å²) in [5.41, 5.74) is 3.05. The molecule has 1 N–H and O–H groups in total. The Hall–Kier alpha value is -0.830. The van der Waals surface area contributed by atoms with Gasteiger partial charge in [0.1, 0.15) is 0 Å². The van der Waals surface area contributed by atoms with Crippen molar-refractivity contribution in [3.63, 3.8) is 0 Å². The van der Waals surface area contributed by atoms with Crippen molar-refractivity contribution in [3.8, 4) is 0 Å². The average molecular weight is 291 g/mol. The van der Waals surface area contributed by atoms with Crippen molar-refractivity contribution in [3.05, 3.63) is 47.5 Å². The van der Waals surface area contributed by atoms with E-state index in [9.17, 15) is 0 Å². The molecule has 2 fully saturated rings. The lowest BCUT2D eigenvalue weighted by Gasteiger charge is -2.46. The van der Waals surface area contributed by atoms with Crippen LogP contribution in [0.5, 0.6) is 0 Å². The van der Waals surface area contributed by atoms with Crippen LogP contribution in [0.2, 0.25) is 0 Å². The number of piperazine rings is 1. The Morgan fingerprint density at radius 1 is 1.35 bits per heavy atom. The van der Waals surface area contributed by atoms with Crippen LogP contribution in [0.3, 0.4) is 0 Å². The second kappa shape index (κ2) is 5.88. The summed E-state index contributed by atoms with van der Waals surface area (Å²) in [7, 11) is 0. The van der Waals surface area contributed by atoms with Gasteiger partial charge >= 0.3 is 0 Å². The summed E-state index contributed by atoms with van der Waals surface area (Å²) < 4.78 is 0.